The second-order valence-corrected chi connectivity index (χ2v) is 11.5. The predicted molar refractivity (Wildman–Crippen MR) is 157 cm³/mol. The van der Waals surface area contributed by atoms with Gasteiger partial charge >= 0.3 is 0 Å². The van der Waals surface area contributed by atoms with Crippen LogP contribution in [0.25, 0.3) is 0 Å². The summed E-state index contributed by atoms with van der Waals surface area (Å²) in [6.07, 6.45) is 0. The van der Waals surface area contributed by atoms with Gasteiger partial charge in [-0.25, -0.2) is 8.42 Å². The summed E-state index contributed by atoms with van der Waals surface area (Å²) in [7, 11) is -3.80. The number of nitrogens with one attached hydrogen (secondary N) is 1. The standard InChI is InChI=1S/C32H33N3O4S/c1-2-39-30-19-18-28(24-29(30)33-32(36)27-16-10-5-11-17-27)40(37,38)35-22-20-34(21-23-35)31(25-12-6-3-7-13-25)26-14-8-4-9-15-26/h3-19,24,31H,2,20-23H2,1H3,(H,33,36). The van der Waals surface area contributed by atoms with E-state index >= 15 is 0 Å². The van der Waals surface area contributed by atoms with Crippen molar-refractivity contribution >= 4 is 21.6 Å². The third kappa shape index (κ3) is 6.09. The molecule has 0 aromatic heterocycles. The fourth-order valence-electron chi connectivity index (χ4n) is 5.07. The zero-order valence-corrected chi connectivity index (χ0v) is 23.3. The van der Waals surface area contributed by atoms with Gasteiger partial charge in [0.2, 0.25) is 10.0 Å². The lowest BCUT2D eigenvalue weighted by Gasteiger charge is -2.39. The number of benzene rings is 4. The van der Waals surface area contributed by atoms with E-state index in [-0.39, 0.29) is 16.8 Å². The fraction of sp³-hybridized carbons (Fsp3) is 0.219. The van der Waals surface area contributed by atoms with Gasteiger partial charge in [-0.3, -0.25) is 9.69 Å². The van der Waals surface area contributed by atoms with Gasteiger partial charge in [0.15, 0.2) is 0 Å². The minimum Gasteiger partial charge on any atom is -0.492 e. The Kier molecular flexibility index (Phi) is 8.60. The molecular weight excluding hydrogens is 522 g/mol. The number of carbonyl (C=O) groups is 1. The highest BCUT2D eigenvalue weighted by molar-refractivity contribution is 7.89. The quantitative estimate of drug-likeness (QED) is 0.298. The molecule has 1 amide bonds. The van der Waals surface area contributed by atoms with Crippen LogP contribution in [0.1, 0.15) is 34.5 Å². The molecule has 8 heteroatoms. The van der Waals surface area contributed by atoms with Crippen molar-refractivity contribution in [2.24, 2.45) is 0 Å². The Morgan fingerprint density at radius 2 is 1.35 bits per heavy atom. The average molecular weight is 556 g/mol. The summed E-state index contributed by atoms with van der Waals surface area (Å²) in [5, 5.41) is 2.83. The second kappa shape index (κ2) is 12.5. The number of rotatable bonds is 9. The molecule has 1 fully saturated rings. The van der Waals surface area contributed by atoms with Gasteiger partial charge in [-0.05, 0) is 48.4 Å². The van der Waals surface area contributed by atoms with Gasteiger partial charge in [-0.15, -0.1) is 0 Å². The highest BCUT2D eigenvalue weighted by atomic mass is 32.2. The number of amides is 1. The van der Waals surface area contributed by atoms with Crippen LogP contribution < -0.4 is 10.1 Å². The van der Waals surface area contributed by atoms with Crippen LogP contribution in [0.3, 0.4) is 0 Å². The van der Waals surface area contributed by atoms with E-state index in [0.29, 0.717) is 49.8 Å². The fourth-order valence-corrected chi connectivity index (χ4v) is 6.52. The third-order valence-electron chi connectivity index (χ3n) is 7.04. The highest BCUT2D eigenvalue weighted by Gasteiger charge is 2.32. The third-order valence-corrected chi connectivity index (χ3v) is 8.94. The molecule has 206 valence electrons. The van der Waals surface area contributed by atoms with Gasteiger partial charge in [0, 0.05) is 31.7 Å². The van der Waals surface area contributed by atoms with Crippen LogP contribution in [0, 0.1) is 0 Å². The van der Waals surface area contributed by atoms with Crippen molar-refractivity contribution in [1.82, 2.24) is 9.21 Å². The van der Waals surface area contributed by atoms with Crippen LogP contribution in [0.4, 0.5) is 5.69 Å². The minimum absolute atomic E-state index is 0.0394. The van der Waals surface area contributed by atoms with E-state index in [1.807, 2.05) is 49.4 Å². The van der Waals surface area contributed by atoms with Gasteiger partial charge in [0.25, 0.3) is 5.91 Å². The lowest BCUT2D eigenvalue weighted by atomic mass is 9.96. The zero-order valence-electron chi connectivity index (χ0n) is 22.4. The van der Waals surface area contributed by atoms with Crippen molar-refractivity contribution in [2.45, 2.75) is 17.9 Å². The molecule has 0 unspecified atom stereocenters. The summed E-state index contributed by atoms with van der Waals surface area (Å²) in [6.45, 7) is 4.11. The normalized spacial score (nSPS) is 14.7. The first-order valence-electron chi connectivity index (χ1n) is 13.4. The van der Waals surface area contributed by atoms with Crippen molar-refractivity contribution in [3.8, 4) is 5.75 Å². The first-order valence-corrected chi connectivity index (χ1v) is 14.9. The van der Waals surface area contributed by atoms with Crippen molar-refractivity contribution in [2.75, 3.05) is 38.1 Å². The van der Waals surface area contributed by atoms with E-state index < -0.39 is 10.0 Å². The van der Waals surface area contributed by atoms with E-state index in [4.69, 9.17) is 4.74 Å². The van der Waals surface area contributed by atoms with Crippen LogP contribution in [-0.4, -0.2) is 56.3 Å². The first kappa shape index (κ1) is 27.6. The number of nitrogens with zero attached hydrogens (tertiary/aromatic N) is 2. The molecular formula is C32H33N3O4S. The lowest BCUT2D eigenvalue weighted by molar-refractivity contribution is 0.102. The van der Waals surface area contributed by atoms with E-state index in [0.717, 1.165) is 0 Å². The van der Waals surface area contributed by atoms with Crippen molar-refractivity contribution in [3.05, 3.63) is 126 Å². The lowest BCUT2D eigenvalue weighted by Crippen LogP contribution is -2.49. The molecule has 0 bridgehead atoms. The summed E-state index contributed by atoms with van der Waals surface area (Å²) in [6, 6.07) is 34.1. The summed E-state index contributed by atoms with van der Waals surface area (Å²) in [5.41, 5.74) is 3.15. The maximum absolute atomic E-state index is 13.7. The molecule has 0 radical (unpaired) electrons. The Morgan fingerprint density at radius 1 is 0.800 bits per heavy atom. The molecule has 1 aliphatic heterocycles. The molecule has 7 nitrogen and oxygen atoms in total. The Balaban J connectivity index is 1.35. The molecule has 4 aromatic rings. The monoisotopic (exact) mass is 555 g/mol. The molecule has 40 heavy (non-hydrogen) atoms. The SMILES string of the molecule is CCOc1ccc(S(=O)(=O)N2CCN(C(c3ccccc3)c3ccccc3)CC2)cc1NC(=O)c1ccccc1. The molecule has 5 rings (SSSR count). The molecule has 0 aliphatic carbocycles. The Morgan fingerprint density at radius 3 is 1.90 bits per heavy atom. The Hall–Kier alpha value is -3.98. The van der Waals surface area contributed by atoms with E-state index in [1.54, 1.807) is 36.4 Å². The number of ether oxygens (including phenoxy) is 1. The van der Waals surface area contributed by atoms with Crippen molar-refractivity contribution in [1.29, 1.82) is 0 Å². The molecule has 1 N–H and O–H groups in total. The predicted octanol–water partition coefficient (Wildman–Crippen LogP) is 5.43. The maximum atomic E-state index is 13.7. The summed E-state index contributed by atoms with van der Waals surface area (Å²) >= 11 is 0. The van der Waals surface area contributed by atoms with Crippen molar-refractivity contribution < 1.29 is 17.9 Å². The van der Waals surface area contributed by atoms with Gasteiger partial charge in [-0.1, -0.05) is 78.9 Å². The molecule has 1 heterocycles. The molecule has 0 saturated carbocycles. The van der Waals surface area contributed by atoms with Gasteiger partial charge < -0.3 is 10.1 Å². The number of carbonyl (C=O) groups excluding carboxylic acids is 1. The smallest absolute Gasteiger partial charge is 0.255 e. The van der Waals surface area contributed by atoms with Gasteiger partial charge in [0.05, 0.1) is 23.2 Å². The minimum atomic E-state index is -3.80. The molecule has 4 aromatic carbocycles. The van der Waals surface area contributed by atoms with Crippen LogP contribution in [0.15, 0.2) is 114 Å². The Bertz CT molecular complexity index is 1480. The topological polar surface area (TPSA) is 79.0 Å². The number of hydrogen-bond acceptors (Lipinski definition) is 5. The number of anilines is 1. The van der Waals surface area contributed by atoms with Crippen LogP contribution >= 0.6 is 0 Å². The van der Waals surface area contributed by atoms with E-state index in [9.17, 15) is 13.2 Å². The number of piperazine rings is 1. The number of hydrogen-bond donors (Lipinski definition) is 1. The summed E-state index contributed by atoms with van der Waals surface area (Å²) < 4.78 is 34.7. The Labute approximate surface area is 236 Å². The van der Waals surface area contributed by atoms with E-state index in [1.165, 1.54) is 21.5 Å². The molecule has 0 spiro atoms. The molecule has 1 saturated heterocycles. The summed E-state index contributed by atoms with van der Waals surface area (Å²) in [4.78, 5) is 15.3. The van der Waals surface area contributed by atoms with E-state index in [2.05, 4.69) is 34.5 Å². The second-order valence-electron chi connectivity index (χ2n) is 9.58. The van der Waals surface area contributed by atoms with Gasteiger partial charge in [-0.2, -0.15) is 4.31 Å². The average Bonchev–Trinajstić information content (AvgIpc) is 3.00. The van der Waals surface area contributed by atoms with Crippen LogP contribution in [0.2, 0.25) is 0 Å². The number of sulfonamides is 1. The summed E-state index contributed by atoms with van der Waals surface area (Å²) in [5.74, 6) is 0.0849. The van der Waals surface area contributed by atoms with Crippen LogP contribution in [-0.2, 0) is 10.0 Å². The first-order chi connectivity index (χ1) is 19.5. The highest BCUT2D eigenvalue weighted by Crippen LogP contribution is 2.33. The molecule has 0 atom stereocenters. The van der Waals surface area contributed by atoms with Crippen molar-refractivity contribution in [3.63, 3.8) is 0 Å². The van der Waals surface area contributed by atoms with Crippen LogP contribution in [0.5, 0.6) is 5.75 Å². The largest absolute Gasteiger partial charge is 0.492 e. The van der Waals surface area contributed by atoms with Gasteiger partial charge in [0.1, 0.15) is 5.75 Å². The zero-order chi connectivity index (χ0) is 28.0. The maximum Gasteiger partial charge on any atom is 0.255 e. The molecule has 1 aliphatic rings.